The van der Waals surface area contributed by atoms with Crippen molar-refractivity contribution in [3.63, 3.8) is 0 Å². The first-order valence-corrected chi connectivity index (χ1v) is 10.0. The van der Waals surface area contributed by atoms with Crippen LogP contribution >= 0.6 is 34.4 Å². The Morgan fingerprint density at radius 1 is 1.04 bits per heavy atom. The molecule has 1 nitrogen and oxygen atoms in total. The molecule has 2 aromatic heterocycles. The number of nitriles is 1. The molecule has 0 saturated heterocycles. The molecule has 0 fully saturated rings. The number of benzene rings is 1. The van der Waals surface area contributed by atoms with Crippen molar-refractivity contribution in [2.24, 2.45) is 0 Å². The van der Waals surface area contributed by atoms with Crippen molar-refractivity contribution in [1.82, 2.24) is 0 Å². The van der Waals surface area contributed by atoms with Gasteiger partial charge < -0.3 is 0 Å². The van der Waals surface area contributed by atoms with Gasteiger partial charge in [0.2, 0.25) is 0 Å². The van der Waals surface area contributed by atoms with E-state index < -0.39 is 0 Å². The topological polar surface area (TPSA) is 23.8 Å². The van der Waals surface area contributed by atoms with Gasteiger partial charge in [0.15, 0.2) is 0 Å². The Hall–Kier alpha value is -1.80. The molecule has 2 heterocycles. The Morgan fingerprint density at radius 2 is 1.83 bits per heavy atom. The molecule has 0 aliphatic carbocycles. The zero-order valence-corrected chi connectivity index (χ0v) is 14.8. The molecule has 1 atom stereocenters. The van der Waals surface area contributed by atoms with Gasteiger partial charge in [-0.25, -0.2) is 0 Å². The Bertz CT molecular complexity index is 778. The van der Waals surface area contributed by atoms with Gasteiger partial charge in [-0.05, 0) is 46.7 Å². The second-order valence-electron chi connectivity index (χ2n) is 4.93. The molecular formula is C19H15NS3. The summed E-state index contributed by atoms with van der Waals surface area (Å²) < 4.78 is 0. The van der Waals surface area contributed by atoms with Crippen molar-refractivity contribution in [2.75, 3.05) is 0 Å². The highest BCUT2D eigenvalue weighted by molar-refractivity contribution is 7.99. The molecular weight excluding hydrogens is 338 g/mol. The quantitative estimate of drug-likeness (QED) is 0.514. The normalized spacial score (nSPS) is 12.3. The molecule has 0 spiro atoms. The van der Waals surface area contributed by atoms with Crippen LogP contribution in [0, 0.1) is 11.3 Å². The minimum absolute atomic E-state index is 0.354. The van der Waals surface area contributed by atoms with Gasteiger partial charge in [0.1, 0.15) is 0 Å². The van der Waals surface area contributed by atoms with Crippen molar-refractivity contribution in [2.45, 2.75) is 11.0 Å². The highest BCUT2D eigenvalue weighted by Gasteiger charge is 2.10. The van der Waals surface area contributed by atoms with E-state index in [0.717, 1.165) is 5.75 Å². The Balaban J connectivity index is 1.70. The van der Waals surface area contributed by atoms with Gasteiger partial charge >= 0.3 is 0 Å². The molecule has 0 radical (unpaired) electrons. The average Bonchev–Trinajstić information content (AvgIpc) is 3.29. The molecule has 0 saturated carbocycles. The van der Waals surface area contributed by atoms with Gasteiger partial charge in [0.25, 0.3) is 0 Å². The van der Waals surface area contributed by atoms with E-state index in [1.165, 1.54) is 15.3 Å². The van der Waals surface area contributed by atoms with Crippen molar-refractivity contribution < 1.29 is 0 Å². The smallest absolute Gasteiger partial charge is 0.0991 e. The summed E-state index contributed by atoms with van der Waals surface area (Å²) in [4.78, 5) is 2.65. The minimum Gasteiger partial charge on any atom is -0.192 e. The number of hydrogen-bond acceptors (Lipinski definition) is 4. The van der Waals surface area contributed by atoms with E-state index in [1.807, 2.05) is 36.0 Å². The van der Waals surface area contributed by atoms with Crippen LogP contribution < -0.4 is 0 Å². The lowest BCUT2D eigenvalue weighted by molar-refractivity contribution is 1.28. The SMILES string of the molecule is N#Cc1ccc(CSC(C=Cc2cccs2)c2cccs2)cc1. The lowest BCUT2D eigenvalue weighted by Gasteiger charge is -2.11. The molecule has 0 N–H and O–H groups in total. The van der Waals surface area contributed by atoms with Crippen molar-refractivity contribution in [1.29, 1.82) is 5.26 Å². The maximum Gasteiger partial charge on any atom is 0.0991 e. The standard InChI is InChI=1S/C19H15NS3/c20-13-15-5-7-16(8-6-15)14-23-19(18-4-2-12-22-18)10-9-17-3-1-11-21-17/h1-12,19H,14H2. The van der Waals surface area contributed by atoms with Crippen LogP contribution in [0.3, 0.4) is 0 Å². The number of thioether (sulfide) groups is 1. The van der Waals surface area contributed by atoms with Crippen LogP contribution in [0.4, 0.5) is 0 Å². The molecule has 0 bridgehead atoms. The number of thiophene rings is 2. The Morgan fingerprint density at radius 3 is 2.48 bits per heavy atom. The van der Waals surface area contributed by atoms with Crippen LogP contribution in [0.1, 0.15) is 26.1 Å². The fourth-order valence-corrected chi connectivity index (χ4v) is 4.80. The van der Waals surface area contributed by atoms with Crippen LogP contribution in [0.25, 0.3) is 6.08 Å². The van der Waals surface area contributed by atoms with Crippen LogP contribution in [-0.2, 0) is 5.75 Å². The lowest BCUT2D eigenvalue weighted by atomic mass is 10.2. The molecule has 3 aromatic rings. The number of nitrogens with zero attached hydrogens (tertiary/aromatic N) is 1. The van der Waals surface area contributed by atoms with Gasteiger partial charge in [0, 0.05) is 15.5 Å². The van der Waals surface area contributed by atoms with Crippen LogP contribution in [0.5, 0.6) is 0 Å². The summed E-state index contributed by atoms with van der Waals surface area (Å²) in [6, 6.07) is 18.5. The number of hydrogen-bond donors (Lipinski definition) is 0. The summed E-state index contributed by atoms with van der Waals surface area (Å²) in [6.45, 7) is 0. The van der Waals surface area contributed by atoms with Gasteiger partial charge in [-0.15, -0.1) is 34.4 Å². The number of rotatable bonds is 6. The van der Waals surface area contributed by atoms with Crippen molar-refractivity contribution >= 4 is 40.5 Å². The molecule has 0 aliphatic heterocycles. The van der Waals surface area contributed by atoms with E-state index in [4.69, 9.17) is 5.26 Å². The maximum absolute atomic E-state index is 8.87. The summed E-state index contributed by atoms with van der Waals surface area (Å²) in [5.41, 5.74) is 1.96. The Kier molecular flexibility index (Phi) is 5.71. The summed E-state index contributed by atoms with van der Waals surface area (Å²) >= 11 is 5.47. The molecule has 4 heteroatoms. The third-order valence-electron chi connectivity index (χ3n) is 3.31. The predicted molar refractivity (Wildman–Crippen MR) is 103 cm³/mol. The molecule has 0 amide bonds. The first-order chi connectivity index (χ1) is 11.3. The fourth-order valence-electron chi connectivity index (χ4n) is 2.12. The summed E-state index contributed by atoms with van der Waals surface area (Å²) in [5, 5.41) is 13.5. The summed E-state index contributed by atoms with van der Waals surface area (Å²) in [5.74, 6) is 0.934. The first kappa shape index (κ1) is 16.1. The van der Waals surface area contributed by atoms with Crippen molar-refractivity contribution in [3.8, 4) is 6.07 Å². The van der Waals surface area contributed by atoms with Gasteiger partial charge in [0.05, 0.1) is 16.9 Å². The molecule has 1 unspecified atom stereocenters. The van der Waals surface area contributed by atoms with Crippen LogP contribution in [0.15, 0.2) is 65.4 Å². The minimum atomic E-state index is 0.354. The second kappa shape index (κ2) is 8.16. The first-order valence-electron chi connectivity index (χ1n) is 7.21. The maximum atomic E-state index is 8.87. The zero-order valence-electron chi connectivity index (χ0n) is 12.4. The molecule has 3 rings (SSSR count). The lowest BCUT2D eigenvalue weighted by Crippen LogP contribution is -1.89. The monoisotopic (exact) mass is 353 g/mol. The Labute approximate surface area is 148 Å². The largest absolute Gasteiger partial charge is 0.192 e. The third kappa shape index (κ3) is 4.59. The van der Waals surface area contributed by atoms with E-state index in [9.17, 15) is 0 Å². The molecule has 0 aliphatic rings. The fraction of sp³-hybridized carbons (Fsp3) is 0.105. The van der Waals surface area contributed by atoms with Crippen LogP contribution in [0.2, 0.25) is 0 Å². The van der Waals surface area contributed by atoms with Gasteiger partial charge in [-0.2, -0.15) is 5.26 Å². The second-order valence-corrected chi connectivity index (χ2v) is 8.02. The van der Waals surface area contributed by atoms with E-state index in [2.05, 4.69) is 53.2 Å². The summed E-state index contributed by atoms with van der Waals surface area (Å²) in [6.07, 6.45) is 4.49. The summed E-state index contributed by atoms with van der Waals surface area (Å²) in [7, 11) is 0. The van der Waals surface area contributed by atoms with Gasteiger partial charge in [-0.3, -0.25) is 0 Å². The van der Waals surface area contributed by atoms with Crippen LogP contribution in [-0.4, -0.2) is 0 Å². The highest BCUT2D eigenvalue weighted by Crippen LogP contribution is 2.36. The molecule has 114 valence electrons. The van der Waals surface area contributed by atoms with E-state index in [1.54, 1.807) is 22.7 Å². The average molecular weight is 354 g/mol. The molecule has 1 aromatic carbocycles. The van der Waals surface area contributed by atoms with E-state index in [-0.39, 0.29) is 0 Å². The zero-order chi connectivity index (χ0) is 15.9. The predicted octanol–water partition coefficient (Wildman–Crippen LogP) is 6.37. The third-order valence-corrected chi connectivity index (χ3v) is 6.53. The highest BCUT2D eigenvalue weighted by atomic mass is 32.2. The van der Waals surface area contributed by atoms with E-state index in [0.29, 0.717) is 10.8 Å². The van der Waals surface area contributed by atoms with Crippen molar-refractivity contribution in [3.05, 3.63) is 86.2 Å². The van der Waals surface area contributed by atoms with E-state index >= 15 is 0 Å². The van der Waals surface area contributed by atoms with Gasteiger partial charge in [-0.1, -0.05) is 30.3 Å². The molecule has 23 heavy (non-hydrogen) atoms.